The predicted molar refractivity (Wildman–Crippen MR) is 131 cm³/mol. The molecule has 32 heavy (non-hydrogen) atoms. The third-order valence-electron chi connectivity index (χ3n) is 6.53. The van der Waals surface area contributed by atoms with Gasteiger partial charge in [0.05, 0.1) is 32.7 Å². The van der Waals surface area contributed by atoms with E-state index in [0.717, 1.165) is 27.2 Å². The van der Waals surface area contributed by atoms with E-state index in [4.69, 9.17) is 18.8 Å². The van der Waals surface area contributed by atoms with Crippen LogP contribution in [0.2, 0.25) is 0 Å². The van der Waals surface area contributed by atoms with E-state index in [2.05, 4.69) is 86.2 Å². The van der Waals surface area contributed by atoms with Gasteiger partial charge in [0.15, 0.2) is 12.5 Å². The molecule has 7 heteroatoms. The second kappa shape index (κ2) is 7.92. The summed E-state index contributed by atoms with van der Waals surface area (Å²) >= 11 is 1.60. The van der Waals surface area contributed by atoms with Crippen LogP contribution >= 0.6 is 11.3 Å². The Bertz CT molecular complexity index is 1210. The highest BCUT2D eigenvalue weighted by Gasteiger charge is 2.53. The normalized spacial score (nSPS) is 17.5. The van der Waals surface area contributed by atoms with Crippen LogP contribution in [0.15, 0.2) is 53.9 Å². The molecule has 1 aliphatic heterocycles. The molecule has 1 saturated heterocycles. The lowest BCUT2D eigenvalue weighted by atomic mass is 9.87. The first-order chi connectivity index (χ1) is 15.3. The number of para-hydroxylation sites is 2. The van der Waals surface area contributed by atoms with Gasteiger partial charge in [-0.25, -0.2) is 0 Å². The maximum Gasteiger partial charge on any atom is 0.509 e. The SMILES string of the molecule is CCOCOc1c(-n2c3ccccc3c3ccccc32)csc1B1OC(C)(C)C(C)(C)O1. The molecule has 2 aromatic heterocycles. The van der Waals surface area contributed by atoms with Crippen LogP contribution in [0.3, 0.4) is 0 Å². The summed E-state index contributed by atoms with van der Waals surface area (Å²) in [4.78, 5) is 0. The van der Waals surface area contributed by atoms with E-state index >= 15 is 0 Å². The number of benzene rings is 2. The molecule has 3 heterocycles. The summed E-state index contributed by atoms with van der Waals surface area (Å²) in [5, 5.41) is 4.55. The third-order valence-corrected chi connectivity index (χ3v) is 7.51. The van der Waals surface area contributed by atoms with E-state index in [-0.39, 0.29) is 6.79 Å². The second-order valence-corrected chi connectivity index (χ2v) is 9.94. The minimum atomic E-state index is -0.497. The summed E-state index contributed by atoms with van der Waals surface area (Å²) in [6, 6.07) is 16.9. The van der Waals surface area contributed by atoms with Gasteiger partial charge in [0, 0.05) is 22.8 Å². The maximum atomic E-state index is 6.36. The molecule has 0 amide bonds. The van der Waals surface area contributed by atoms with Crippen molar-refractivity contribution >= 4 is 45.0 Å². The van der Waals surface area contributed by atoms with E-state index < -0.39 is 18.3 Å². The van der Waals surface area contributed by atoms with Crippen molar-refractivity contribution in [2.75, 3.05) is 13.4 Å². The molecule has 4 aromatic rings. The summed E-state index contributed by atoms with van der Waals surface area (Å²) in [7, 11) is -0.497. The van der Waals surface area contributed by atoms with E-state index in [1.807, 2.05) is 6.92 Å². The van der Waals surface area contributed by atoms with E-state index in [1.54, 1.807) is 11.3 Å². The Kier molecular flexibility index (Phi) is 5.33. The average molecular weight is 449 g/mol. The number of hydrogen-bond acceptors (Lipinski definition) is 5. The molecule has 0 atom stereocenters. The van der Waals surface area contributed by atoms with Crippen LogP contribution in [-0.2, 0) is 14.0 Å². The molecule has 5 rings (SSSR count). The zero-order valence-electron chi connectivity index (χ0n) is 19.2. The van der Waals surface area contributed by atoms with Gasteiger partial charge < -0.3 is 23.3 Å². The summed E-state index contributed by atoms with van der Waals surface area (Å²) in [5.74, 6) is 0.744. The monoisotopic (exact) mass is 449 g/mol. The first-order valence-electron chi connectivity index (χ1n) is 11.0. The van der Waals surface area contributed by atoms with Crippen LogP contribution in [0.5, 0.6) is 5.75 Å². The fourth-order valence-corrected chi connectivity index (χ4v) is 5.06. The Balaban J connectivity index is 1.69. The number of ether oxygens (including phenoxy) is 2. The van der Waals surface area contributed by atoms with Gasteiger partial charge in [-0.3, -0.25) is 0 Å². The highest BCUT2D eigenvalue weighted by atomic mass is 32.1. The van der Waals surface area contributed by atoms with Crippen molar-refractivity contribution in [1.82, 2.24) is 4.57 Å². The van der Waals surface area contributed by atoms with Gasteiger partial charge in [0.2, 0.25) is 0 Å². The topological polar surface area (TPSA) is 41.9 Å². The van der Waals surface area contributed by atoms with Gasteiger partial charge >= 0.3 is 7.12 Å². The molecule has 0 bridgehead atoms. The van der Waals surface area contributed by atoms with Crippen molar-refractivity contribution in [2.45, 2.75) is 45.8 Å². The van der Waals surface area contributed by atoms with E-state index in [1.165, 1.54) is 10.8 Å². The Hall–Kier alpha value is -2.32. The summed E-state index contributed by atoms with van der Waals surface area (Å²) in [6.07, 6.45) is 0. The minimum absolute atomic E-state index is 0.171. The van der Waals surface area contributed by atoms with Gasteiger partial charge in [-0.15, -0.1) is 11.3 Å². The Morgan fingerprint density at radius 3 is 2.03 bits per heavy atom. The fourth-order valence-electron chi connectivity index (χ4n) is 4.13. The molecule has 5 nitrogen and oxygen atoms in total. The van der Waals surface area contributed by atoms with Crippen LogP contribution in [0.4, 0.5) is 0 Å². The third kappa shape index (κ3) is 3.35. The van der Waals surface area contributed by atoms with Crippen molar-refractivity contribution in [3.8, 4) is 11.4 Å². The number of fused-ring (bicyclic) bond motifs is 3. The maximum absolute atomic E-state index is 6.36. The molecular weight excluding hydrogens is 421 g/mol. The van der Waals surface area contributed by atoms with Gasteiger partial charge in [-0.05, 0) is 46.8 Å². The van der Waals surface area contributed by atoms with Crippen LogP contribution in [0.1, 0.15) is 34.6 Å². The molecule has 0 radical (unpaired) electrons. The molecule has 1 aliphatic rings. The molecule has 1 fully saturated rings. The summed E-state index contributed by atoms with van der Waals surface area (Å²) in [6.45, 7) is 11.0. The van der Waals surface area contributed by atoms with Gasteiger partial charge in [-0.2, -0.15) is 0 Å². The van der Waals surface area contributed by atoms with Gasteiger partial charge in [0.25, 0.3) is 0 Å². The van der Waals surface area contributed by atoms with Crippen molar-refractivity contribution in [3.05, 3.63) is 53.9 Å². The lowest BCUT2D eigenvalue weighted by Crippen LogP contribution is -2.41. The molecule has 0 N–H and O–H groups in total. The number of aromatic nitrogens is 1. The van der Waals surface area contributed by atoms with Gasteiger partial charge in [0.1, 0.15) is 0 Å². The number of nitrogens with zero attached hydrogens (tertiary/aromatic N) is 1. The number of hydrogen-bond donors (Lipinski definition) is 0. The Labute approximate surface area is 193 Å². The molecule has 0 spiro atoms. The lowest BCUT2D eigenvalue weighted by molar-refractivity contribution is 0.00578. The second-order valence-electron chi connectivity index (χ2n) is 9.03. The zero-order valence-corrected chi connectivity index (χ0v) is 20.0. The smallest absolute Gasteiger partial charge is 0.465 e. The van der Waals surface area contributed by atoms with Crippen LogP contribution in [0.25, 0.3) is 27.5 Å². The zero-order chi connectivity index (χ0) is 22.5. The van der Waals surface area contributed by atoms with Crippen molar-refractivity contribution in [2.24, 2.45) is 0 Å². The Morgan fingerprint density at radius 2 is 1.47 bits per heavy atom. The van der Waals surface area contributed by atoms with E-state index in [9.17, 15) is 0 Å². The van der Waals surface area contributed by atoms with Gasteiger partial charge in [-0.1, -0.05) is 36.4 Å². The quantitative estimate of drug-likeness (QED) is 0.221. The highest BCUT2D eigenvalue weighted by molar-refractivity contribution is 7.21. The average Bonchev–Trinajstić information content (AvgIpc) is 3.38. The summed E-state index contributed by atoms with van der Waals surface area (Å²) < 4.78 is 27.7. The number of rotatable bonds is 6. The largest absolute Gasteiger partial charge is 0.509 e. The molecule has 0 unspecified atom stereocenters. The molecule has 166 valence electrons. The van der Waals surface area contributed by atoms with Crippen LogP contribution in [-0.4, -0.2) is 36.3 Å². The molecule has 0 aliphatic carbocycles. The number of thiophene rings is 1. The lowest BCUT2D eigenvalue weighted by Gasteiger charge is -2.32. The standard InChI is InChI=1S/C25H28BNO4S/c1-6-28-16-29-22-21(15-32-23(22)26-30-24(2,3)25(4,5)31-26)27-19-13-9-7-11-17(19)18-12-8-10-14-20(18)27/h7-15H,6,16H2,1-5H3. The fraction of sp³-hybridized carbons (Fsp3) is 0.360. The summed E-state index contributed by atoms with van der Waals surface area (Å²) in [5.41, 5.74) is 2.39. The highest BCUT2D eigenvalue weighted by Crippen LogP contribution is 2.41. The Morgan fingerprint density at radius 1 is 0.906 bits per heavy atom. The van der Waals surface area contributed by atoms with Crippen molar-refractivity contribution in [1.29, 1.82) is 0 Å². The van der Waals surface area contributed by atoms with Crippen molar-refractivity contribution in [3.63, 3.8) is 0 Å². The van der Waals surface area contributed by atoms with Crippen LogP contribution < -0.4 is 9.51 Å². The predicted octanol–water partition coefficient (Wildman–Crippen LogP) is 5.52. The molecular formula is C25H28BNO4S. The first-order valence-corrected chi connectivity index (χ1v) is 11.9. The van der Waals surface area contributed by atoms with Crippen LogP contribution in [0, 0.1) is 0 Å². The first kappa shape index (κ1) is 21.5. The molecule has 2 aromatic carbocycles. The minimum Gasteiger partial charge on any atom is -0.465 e. The molecule has 0 saturated carbocycles. The van der Waals surface area contributed by atoms with Crippen molar-refractivity contribution < 1.29 is 18.8 Å². The van der Waals surface area contributed by atoms with E-state index in [0.29, 0.717) is 6.61 Å².